The van der Waals surface area contributed by atoms with Crippen LogP contribution in [0.1, 0.15) is 61.3 Å². The van der Waals surface area contributed by atoms with Crippen molar-refractivity contribution >= 4 is 0 Å². The van der Waals surface area contributed by atoms with E-state index in [0.29, 0.717) is 12.0 Å². The van der Waals surface area contributed by atoms with Gasteiger partial charge in [0.2, 0.25) is 0 Å². The summed E-state index contributed by atoms with van der Waals surface area (Å²) in [6.07, 6.45) is 8.10. The molecule has 0 saturated heterocycles. The second-order valence-electron chi connectivity index (χ2n) is 5.76. The average Bonchev–Trinajstić information content (AvgIpc) is 2.64. The van der Waals surface area contributed by atoms with Crippen molar-refractivity contribution in [3.8, 4) is 0 Å². The molecule has 1 unspecified atom stereocenters. The summed E-state index contributed by atoms with van der Waals surface area (Å²) in [5, 5.41) is 0. The van der Waals surface area contributed by atoms with Gasteiger partial charge in [0, 0.05) is 6.04 Å². The largest absolute Gasteiger partial charge is 0.271 e. The lowest BCUT2D eigenvalue weighted by Gasteiger charge is -2.27. The lowest BCUT2D eigenvalue weighted by Crippen LogP contribution is -2.34. The number of aryl methyl sites for hydroxylation is 2. The number of nitrogens with one attached hydrogen (secondary N) is 1. The third-order valence-electron chi connectivity index (χ3n) is 4.32. The molecule has 2 rings (SSSR count). The van der Waals surface area contributed by atoms with E-state index in [-0.39, 0.29) is 0 Å². The first-order chi connectivity index (χ1) is 8.72. The van der Waals surface area contributed by atoms with Crippen molar-refractivity contribution in [2.45, 2.75) is 58.4 Å². The van der Waals surface area contributed by atoms with E-state index in [9.17, 15) is 0 Å². The quantitative estimate of drug-likeness (QED) is 0.484. The average molecular weight is 246 g/mol. The van der Waals surface area contributed by atoms with E-state index in [1.807, 2.05) is 0 Å². The molecular weight excluding hydrogens is 220 g/mol. The van der Waals surface area contributed by atoms with Gasteiger partial charge < -0.3 is 0 Å². The van der Waals surface area contributed by atoms with Crippen LogP contribution in [0.25, 0.3) is 0 Å². The Morgan fingerprint density at radius 3 is 2.39 bits per heavy atom. The van der Waals surface area contributed by atoms with Crippen LogP contribution in [0.4, 0.5) is 0 Å². The van der Waals surface area contributed by atoms with Crippen LogP contribution < -0.4 is 11.3 Å². The van der Waals surface area contributed by atoms with Crippen molar-refractivity contribution in [3.05, 3.63) is 34.9 Å². The second kappa shape index (κ2) is 6.35. The van der Waals surface area contributed by atoms with Crippen LogP contribution in [0, 0.1) is 19.8 Å². The summed E-state index contributed by atoms with van der Waals surface area (Å²) in [5.74, 6) is 6.55. The Kier molecular flexibility index (Phi) is 4.79. The smallest absolute Gasteiger partial charge is 0.0490 e. The molecule has 100 valence electrons. The van der Waals surface area contributed by atoms with Gasteiger partial charge in [0.1, 0.15) is 0 Å². The normalized spacial score (nSPS) is 19.5. The first kappa shape index (κ1) is 13.6. The van der Waals surface area contributed by atoms with E-state index in [1.54, 1.807) is 0 Å². The molecular formula is C16H26N2. The minimum atomic E-state index is 0.322. The van der Waals surface area contributed by atoms with Gasteiger partial charge in [-0.25, -0.2) is 0 Å². The highest BCUT2D eigenvalue weighted by molar-refractivity contribution is 5.33. The van der Waals surface area contributed by atoms with Gasteiger partial charge in [0.05, 0.1) is 0 Å². The van der Waals surface area contributed by atoms with Crippen molar-refractivity contribution < 1.29 is 0 Å². The lowest BCUT2D eigenvalue weighted by atomic mass is 9.85. The molecule has 0 spiro atoms. The van der Waals surface area contributed by atoms with Crippen LogP contribution in [-0.2, 0) is 0 Å². The first-order valence-corrected chi connectivity index (χ1v) is 7.25. The third kappa shape index (κ3) is 3.12. The van der Waals surface area contributed by atoms with Crippen LogP contribution in [0.3, 0.4) is 0 Å². The summed E-state index contributed by atoms with van der Waals surface area (Å²) >= 11 is 0. The fourth-order valence-corrected chi connectivity index (χ4v) is 3.22. The molecule has 2 heteroatoms. The summed E-state index contributed by atoms with van der Waals surface area (Å²) < 4.78 is 0. The van der Waals surface area contributed by atoms with Gasteiger partial charge in [0.25, 0.3) is 0 Å². The first-order valence-electron chi connectivity index (χ1n) is 7.25. The van der Waals surface area contributed by atoms with Gasteiger partial charge >= 0.3 is 0 Å². The van der Waals surface area contributed by atoms with Crippen LogP contribution in [0.5, 0.6) is 0 Å². The van der Waals surface area contributed by atoms with E-state index >= 15 is 0 Å². The Morgan fingerprint density at radius 2 is 1.78 bits per heavy atom. The molecule has 2 nitrogen and oxygen atoms in total. The van der Waals surface area contributed by atoms with Gasteiger partial charge in [0.15, 0.2) is 0 Å². The summed E-state index contributed by atoms with van der Waals surface area (Å²) in [6, 6.07) is 7.01. The van der Waals surface area contributed by atoms with Gasteiger partial charge in [-0.3, -0.25) is 11.3 Å². The molecule has 0 aromatic heterocycles. The SMILES string of the molecule is Cc1ccc(C)c(C(NN)C2CCCCCC2)c1. The van der Waals surface area contributed by atoms with Gasteiger partial charge in [-0.05, 0) is 43.7 Å². The van der Waals surface area contributed by atoms with E-state index in [4.69, 9.17) is 5.84 Å². The lowest BCUT2D eigenvalue weighted by molar-refractivity contribution is 0.328. The van der Waals surface area contributed by atoms with Gasteiger partial charge in [-0.15, -0.1) is 0 Å². The predicted octanol–water partition coefficient (Wildman–Crippen LogP) is 3.78. The highest BCUT2D eigenvalue weighted by atomic mass is 15.2. The minimum Gasteiger partial charge on any atom is -0.271 e. The van der Waals surface area contributed by atoms with Crippen LogP contribution in [0.15, 0.2) is 18.2 Å². The van der Waals surface area contributed by atoms with E-state index in [2.05, 4.69) is 37.5 Å². The Hall–Kier alpha value is -0.860. The van der Waals surface area contributed by atoms with Crippen molar-refractivity contribution in [2.24, 2.45) is 11.8 Å². The zero-order valence-electron chi connectivity index (χ0n) is 11.7. The van der Waals surface area contributed by atoms with Crippen LogP contribution in [0.2, 0.25) is 0 Å². The monoisotopic (exact) mass is 246 g/mol. The maximum absolute atomic E-state index is 5.86. The maximum Gasteiger partial charge on any atom is 0.0490 e. The number of hydrogen-bond acceptors (Lipinski definition) is 2. The molecule has 0 radical (unpaired) electrons. The highest BCUT2D eigenvalue weighted by Gasteiger charge is 2.24. The zero-order valence-corrected chi connectivity index (χ0v) is 11.7. The minimum absolute atomic E-state index is 0.322. The highest BCUT2D eigenvalue weighted by Crippen LogP contribution is 2.34. The fraction of sp³-hybridized carbons (Fsp3) is 0.625. The number of rotatable bonds is 3. The van der Waals surface area contributed by atoms with Crippen LogP contribution in [-0.4, -0.2) is 0 Å². The topological polar surface area (TPSA) is 38.0 Å². The van der Waals surface area contributed by atoms with Crippen molar-refractivity contribution in [1.29, 1.82) is 0 Å². The Labute approximate surface area is 111 Å². The van der Waals surface area contributed by atoms with E-state index < -0.39 is 0 Å². The van der Waals surface area contributed by atoms with Gasteiger partial charge in [-0.2, -0.15) is 0 Å². The molecule has 0 bridgehead atoms. The molecule has 1 atom stereocenters. The number of hydrogen-bond donors (Lipinski definition) is 2. The standard InChI is InChI=1S/C16H26N2/c1-12-9-10-13(2)15(11-12)16(18-17)14-7-5-3-4-6-8-14/h9-11,14,16,18H,3-8,17H2,1-2H3. The molecule has 1 aliphatic rings. The van der Waals surface area contributed by atoms with Crippen molar-refractivity contribution in [3.63, 3.8) is 0 Å². The molecule has 0 amide bonds. The molecule has 1 saturated carbocycles. The van der Waals surface area contributed by atoms with Crippen LogP contribution >= 0.6 is 0 Å². The van der Waals surface area contributed by atoms with E-state index in [1.165, 1.54) is 55.2 Å². The molecule has 3 N–H and O–H groups in total. The Balaban J connectivity index is 2.23. The summed E-state index contributed by atoms with van der Waals surface area (Å²) in [5.41, 5.74) is 7.15. The second-order valence-corrected chi connectivity index (χ2v) is 5.76. The molecule has 1 aliphatic carbocycles. The number of hydrazine groups is 1. The zero-order chi connectivity index (χ0) is 13.0. The van der Waals surface area contributed by atoms with Crippen molar-refractivity contribution in [1.82, 2.24) is 5.43 Å². The summed E-state index contributed by atoms with van der Waals surface area (Å²) in [6.45, 7) is 4.35. The van der Waals surface area contributed by atoms with Gasteiger partial charge in [-0.1, -0.05) is 49.4 Å². The summed E-state index contributed by atoms with van der Waals surface area (Å²) in [4.78, 5) is 0. The molecule has 0 heterocycles. The number of benzene rings is 1. The Bertz CT molecular complexity index is 379. The predicted molar refractivity (Wildman–Crippen MR) is 77.2 cm³/mol. The fourth-order valence-electron chi connectivity index (χ4n) is 3.22. The maximum atomic E-state index is 5.86. The van der Waals surface area contributed by atoms with E-state index in [0.717, 1.165) is 0 Å². The third-order valence-corrected chi connectivity index (χ3v) is 4.32. The molecule has 18 heavy (non-hydrogen) atoms. The Morgan fingerprint density at radius 1 is 1.11 bits per heavy atom. The molecule has 1 aromatic carbocycles. The molecule has 0 aliphatic heterocycles. The molecule has 1 aromatic rings. The summed E-state index contributed by atoms with van der Waals surface area (Å²) in [7, 11) is 0. The van der Waals surface area contributed by atoms with Crippen molar-refractivity contribution in [2.75, 3.05) is 0 Å². The molecule has 1 fully saturated rings. The number of nitrogens with two attached hydrogens (primary N) is 1.